The van der Waals surface area contributed by atoms with Crippen LogP contribution in [0.15, 0.2) is 34.2 Å². The smallest absolute Gasteiger partial charge is 0.243 e. The zero-order valence-electron chi connectivity index (χ0n) is 14.5. The topological polar surface area (TPSA) is 87.8 Å². The molecule has 24 heavy (non-hydrogen) atoms. The number of hydrogen-bond donors (Lipinski definition) is 2. The number of nitrogens with one attached hydrogen (secondary N) is 1. The Morgan fingerprint density at radius 1 is 1.21 bits per heavy atom. The molecule has 0 atom stereocenters. The Labute approximate surface area is 145 Å². The van der Waals surface area contributed by atoms with E-state index in [2.05, 4.69) is 24.2 Å². The summed E-state index contributed by atoms with van der Waals surface area (Å²) in [6.07, 6.45) is 2.98. The lowest BCUT2D eigenvalue weighted by molar-refractivity contribution is 0.346. The molecular formula is C17H28N4O2S. The van der Waals surface area contributed by atoms with Gasteiger partial charge in [0.15, 0.2) is 5.96 Å². The van der Waals surface area contributed by atoms with Gasteiger partial charge in [-0.25, -0.2) is 13.4 Å². The fourth-order valence-corrected chi connectivity index (χ4v) is 4.08. The molecule has 1 aromatic carbocycles. The molecule has 0 aromatic heterocycles. The molecule has 1 heterocycles. The molecule has 1 aromatic rings. The maximum absolute atomic E-state index is 12.6. The van der Waals surface area contributed by atoms with Gasteiger partial charge in [0.2, 0.25) is 10.0 Å². The first-order chi connectivity index (χ1) is 11.4. The lowest BCUT2D eigenvalue weighted by atomic mass is 10.2. The highest BCUT2D eigenvalue weighted by Crippen LogP contribution is 2.20. The summed E-state index contributed by atoms with van der Waals surface area (Å²) in [5.41, 5.74) is 6.74. The number of piperidine rings is 1. The van der Waals surface area contributed by atoms with E-state index in [1.807, 2.05) is 0 Å². The van der Waals surface area contributed by atoms with Gasteiger partial charge < -0.3 is 11.1 Å². The van der Waals surface area contributed by atoms with Crippen molar-refractivity contribution >= 4 is 16.0 Å². The molecular weight excluding hydrogens is 324 g/mol. The standard InChI is InChI=1S/C17H28N4O2S/c1-14(2)12-19-17(18)20-13-15-6-8-16(9-7-15)24(22,23)21-10-4-3-5-11-21/h6-9,14H,3-5,10-13H2,1-2H3,(H3,18,19,20). The van der Waals surface area contributed by atoms with E-state index in [0.717, 1.165) is 31.4 Å². The fraction of sp³-hybridized carbons (Fsp3) is 0.588. The van der Waals surface area contributed by atoms with Crippen LogP contribution >= 0.6 is 0 Å². The van der Waals surface area contributed by atoms with E-state index in [1.165, 1.54) is 0 Å². The monoisotopic (exact) mass is 352 g/mol. The van der Waals surface area contributed by atoms with Crippen LogP contribution in [0.25, 0.3) is 0 Å². The number of sulfonamides is 1. The summed E-state index contributed by atoms with van der Waals surface area (Å²) in [5.74, 6) is 0.909. The van der Waals surface area contributed by atoms with Crippen molar-refractivity contribution in [3.8, 4) is 0 Å². The Hall–Kier alpha value is -1.60. The minimum absolute atomic E-state index is 0.350. The lowest BCUT2D eigenvalue weighted by Crippen LogP contribution is -2.35. The minimum Gasteiger partial charge on any atom is -0.370 e. The average molecular weight is 353 g/mol. The molecule has 7 heteroatoms. The third kappa shape index (κ3) is 5.21. The van der Waals surface area contributed by atoms with E-state index in [-0.39, 0.29) is 0 Å². The Morgan fingerprint density at radius 3 is 2.42 bits per heavy atom. The molecule has 0 saturated carbocycles. The van der Waals surface area contributed by atoms with E-state index in [9.17, 15) is 8.42 Å². The molecule has 1 aliphatic rings. The van der Waals surface area contributed by atoms with Gasteiger partial charge in [-0.3, -0.25) is 0 Å². The van der Waals surface area contributed by atoms with E-state index in [1.54, 1.807) is 28.6 Å². The van der Waals surface area contributed by atoms with Crippen LogP contribution in [-0.4, -0.2) is 38.3 Å². The molecule has 2 rings (SSSR count). The molecule has 1 saturated heterocycles. The van der Waals surface area contributed by atoms with Crippen LogP contribution in [0.4, 0.5) is 0 Å². The summed E-state index contributed by atoms with van der Waals surface area (Å²) in [7, 11) is -3.37. The van der Waals surface area contributed by atoms with Crippen molar-refractivity contribution < 1.29 is 8.42 Å². The predicted octanol–water partition coefficient (Wildman–Crippen LogP) is 1.92. The third-order valence-electron chi connectivity index (χ3n) is 4.00. The van der Waals surface area contributed by atoms with E-state index in [0.29, 0.717) is 36.4 Å². The van der Waals surface area contributed by atoms with Crippen molar-refractivity contribution in [1.82, 2.24) is 9.62 Å². The predicted molar refractivity (Wildman–Crippen MR) is 97.2 cm³/mol. The van der Waals surface area contributed by atoms with Gasteiger partial charge in [-0.2, -0.15) is 4.31 Å². The normalized spacial score (nSPS) is 17.2. The minimum atomic E-state index is -3.37. The molecule has 1 fully saturated rings. The Balaban J connectivity index is 1.98. The highest BCUT2D eigenvalue weighted by atomic mass is 32.2. The van der Waals surface area contributed by atoms with Crippen LogP contribution in [0.3, 0.4) is 0 Å². The lowest BCUT2D eigenvalue weighted by Gasteiger charge is -2.25. The van der Waals surface area contributed by atoms with Crippen molar-refractivity contribution in [2.45, 2.75) is 44.6 Å². The van der Waals surface area contributed by atoms with Crippen molar-refractivity contribution in [1.29, 1.82) is 0 Å². The number of nitrogens with zero attached hydrogens (tertiary/aromatic N) is 2. The first-order valence-electron chi connectivity index (χ1n) is 8.52. The number of benzene rings is 1. The molecule has 0 unspecified atom stereocenters. The van der Waals surface area contributed by atoms with Crippen molar-refractivity contribution in [2.75, 3.05) is 19.6 Å². The largest absolute Gasteiger partial charge is 0.370 e. The first-order valence-corrected chi connectivity index (χ1v) is 9.96. The zero-order valence-corrected chi connectivity index (χ0v) is 15.3. The molecule has 3 N–H and O–H groups in total. The molecule has 0 aliphatic carbocycles. The summed E-state index contributed by atoms with van der Waals surface area (Å²) < 4.78 is 26.7. The van der Waals surface area contributed by atoms with Gasteiger partial charge in [0.1, 0.15) is 0 Å². The maximum Gasteiger partial charge on any atom is 0.243 e. The summed E-state index contributed by atoms with van der Waals surface area (Å²) in [4.78, 5) is 4.62. The number of aliphatic imine (C=N–C) groups is 1. The van der Waals surface area contributed by atoms with E-state index in [4.69, 9.17) is 5.73 Å². The summed E-state index contributed by atoms with van der Waals surface area (Å²) in [6.45, 7) is 6.64. The maximum atomic E-state index is 12.6. The van der Waals surface area contributed by atoms with Gasteiger partial charge in [-0.05, 0) is 36.5 Å². The first kappa shape index (κ1) is 18.7. The summed E-state index contributed by atoms with van der Waals surface area (Å²) in [6, 6.07) is 6.92. The van der Waals surface area contributed by atoms with Crippen LogP contribution < -0.4 is 11.1 Å². The van der Waals surface area contributed by atoms with Gasteiger partial charge in [0.25, 0.3) is 0 Å². The molecule has 0 amide bonds. The molecule has 0 radical (unpaired) electrons. The molecule has 0 bridgehead atoms. The fourth-order valence-electron chi connectivity index (χ4n) is 2.56. The van der Waals surface area contributed by atoms with Crippen LogP contribution in [0.5, 0.6) is 0 Å². The second-order valence-electron chi connectivity index (χ2n) is 6.58. The van der Waals surface area contributed by atoms with E-state index >= 15 is 0 Å². The SMILES string of the molecule is CC(C)CNC(N)=NCc1ccc(S(=O)(=O)N2CCCCC2)cc1. The Bertz CT molecular complexity index is 648. The van der Waals surface area contributed by atoms with E-state index < -0.39 is 10.0 Å². The summed E-state index contributed by atoms with van der Waals surface area (Å²) in [5, 5.41) is 3.06. The molecule has 134 valence electrons. The zero-order chi connectivity index (χ0) is 17.6. The van der Waals surface area contributed by atoms with Crippen molar-refractivity contribution in [3.63, 3.8) is 0 Å². The van der Waals surface area contributed by atoms with Gasteiger partial charge in [0.05, 0.1) is 11.4 Å². The Kier molecular flexibility index (Phi) is 6.62. The van der Waals surface area contributed by atoms with Gasteiger partial charge >= 0.3 is 0 Å². The van der Waals surface area contributed by atoms with Gasteiger partial charge in [-0.1, -0.05) is 32.4 Å². The number of guanidine groups is 1. The van der Waals surface area contributed by atoms with Crippen LogP contribution in [-0.2, 0) is 16.6 Å². The van der Waals surface area contributed by atoms with Crippen molar-refractivity contribution in [3.05, 3.63) is 29.8 Å². The second-order valence-corrected chi connectivity index (χ2v) is 8.52. The molecule has 6 nitrogen and oxygen atoms in total. The Morgan fingerprint density at radius 2 is 1.83 bits per heavy atom. The van der Waals surface area contributed by atoms with Crippen LogP contribution in [0.2, 0.25) is 0 Å². The molecule has 1 aliphatic heterocycles. The number of rotatable bonds is 6. The third-order valence-corrected chi connectivity index (χ3v) is 5.91. The molecule has 0 spiro atoms. The van der Waals surface area contributed by atoms with Crippen LogP contribution in [0, 0.1) is 5.92 Å². The van der Waals surface area contributed by atoms with Crippen LogP contribution in [0.1, 0.15) is 38.7 Å². The highest BCUT2D eigenvalue weighted by molar-refractivity contribution is 7.89. The summed E-state index contributed by atoms with van der Waals surface area (Å²) >= 11 is 0. The average Bonchev–Trinajstić information content (AvgIpc) is 2.59. The van der Waals surface area contributed by atoms with Crippen molar-refractivity contribution in [2.24, 2.45) is 16.6 Å². The number of nitrogens with two attached hydrogens (primary N) is 1. The van der Waals surface area contributed by atoms with Gasteiger partial charge in [-0.15, -0.1) is 0 Å². The quantitative estimate of drug-likeness (QED) is 0.605. The number of hydrogen-bond acceptors (Lipinski definition) is 3. The second kappa shape index (κ2) is 8.48. The van der Waals surface area contributed by atoms with Gasteiger partial charge in [0, 0.05) is 19.6 Å². The highest BCUT2D eigenvalue weighted by Gasteiger charge is 2.25.